The number of anilines is 1. The molecule has 3 aromatic rings. The lowest BCUT2D eigenvalue weighted by Gasteiger charge is -2.25. The fourth-order valence-corrected chi connectivity index (χ4v) is 5.63. The van der Waals surface area contributed by atoms with Crippen molar-refractivity contribution >= 4 is 43.7 Å². The quantitative estimate of drug-likeness (QED) is 0.254. The first kappa shape index (κ1) is 25.8. The van der Waals surface area contributed by atoms with Crippen molar-refractivity contribution in [1.82, 2.24) is 14.5 Å². The third-order valence-electron chi connectivity index (χ3n) is 5.25. The SMILES string of the molecule is C=C(C)O[C@@H]1[C@@H](OS(=O)(=O)c2ccc(C)cc2)[C@@H](COC(C)=O)O[C@H]1n1c(=O)sc2cnc(N)nc21. The second-order valence-corrected chi connectivity index (χ2v) is 10.7. The van der Waals surface area contributed by atoms with Crippen LogP contribution in [-0.2, 0) is 33.3 Å². The Morgan fingerprint density at radius 2 is 1.94 bits per heavy atom. The van der Waals surface area contributed by atoms with Crippen molar-refractivity contribution in [1.29, 1.82) is 0 Å². The predicted octanol–water partition coefficient (Wildman–Crippen LogP) is 1.90. The lowest BCUT2D eigenvalue weighted by Crippen LogP contribution is -2.40. The minimum absolute atomic E-state index is 0.0735. The number of hydrogen-bond acceptors (Lipinski definition) is 12. The summed E-state index contributed by atoms with van der Waals surface area (Å²) in [5, 5.41) is 0. The van der Waals surface area contributed by atoms with Crippen LogP contribution in [-0.4, -0.2) is 53.8 Å². The minimum atomic E-state index is -4.31. The van der Waals surface area contributed by atoms with Crippen molar-refractivity contribution in [3.63, 3.8) is 0 Å². The number of nitrogen functional groups attached to an aromatic ring is 1. The number of carbonyl (C=O) groups is 1. The molecule has 14 heteroatoms. The maximum atomic E-state index is 13.2. The number of fused-ring (bicyclic) bond motifs is 1. The largest absolute Gasteiger partial charge is 0.488 e. The Bertz CT molecular complexity index is 1470. The van der Waals surface area contributed by atoms with Crippen LogP contribution in [0, 0.1) is 6.92 Å². The standard InChI is InChI=1S/C22H24N4O8S2/c1-11(2)32-18-17(34-36(29,30)14-7-5-12(3)6-8-14)15(10-31-13(4)27)33-20(18)26-19-16(35-22(26)28)9-24-21(23)25-19/h5-9,15,17-18,20H,1,10H2,2-4H3,(H2,23,24,25)/t15-,17+,18-,20-/m1/s1. The van der Waals surface area contributed by atoms with Gasteiger partial charge in [0, 0.05) is 6.92 Å². The molecule has 1 aromatic carbocycles. The Balaban J connectivity index is 1.80. The zero-order valence-corrected chi connectivity index (χ0v) is 21.2. The molecule has 0 unspecified atom stereocenters. The van der Waals surface area contributed by atoms with Crippen molar-refractivity contribution in [3.8, 4) is 0 Å². The summed E-state index contributed by atoms with van der Waals surface area (Å²) in [5.41, 5.74) is 6.76. The molecule has 1 fully saturated rings. The molecule has 0 aliphatic carbocycles. The first-order valence-corrected chi connectivity index (χ1v) is 12.9. The summed E-state index contributed by atoms with van der Waals surface area (Å²) in [5.74, 6) is -0.473. The average molecular weight is 537 g/mol. The van der Waals surface area contributed by atoms with Gasteiger partial charge in [-0.2, -0.15) is 13.4 Å². The molecular formula is C22H24N4O8S2. The Morgan fingerprint density at radius 3 is 2.58 bits per heavy atom. The molecule has 4 atom stereocenters. The summed E-state index contributed by atoms with van der Waals surface area (Å²) in [4.78, 5) is 32.0. The smallest absolute Gasteiger partial charge is 0.311 e. The van der Waals surface area contributed by atoms with Crippen LogP contribution in [0.25, 0.3) is 10.3 Å². The van der Waals surface area contributed by atoms with Gasteiger partial charge >= 0.3 is 10.8 Å². The molecule has 2 N–H and O–H groups in total. The second kappa shape index (κ2) is 9.97. The Labute approximate surface area is 210 Å². The zero-order valence-electron chi connectivity index (χ0n) is 19.6. The van der Waals surface area contributed by atoms with Crippen molar-refractivity contribution < 1.29 is 31.6 Å². The highest BCUT2D eigenvalue weighted by molar-refractivity contribution is 7.86. The number of carbonyl (C=O) groups excluding carboxylic acids is 1. The van der Waals surface area contributed by atoms with Gasteiger partial charge in [0.25, 0.3) is 10.1 Å². The summed E-state index contributed by atoms with van der Waals surface area (Å²) in [6.45, 7) is 7.94. The van der Waals surface area contributed by atoms with Crippen LogP contribution in [0.1, 0.15) is 25.6 Å². The van der Waals surface area contributed by atoms with Crippen LogP contribution in [0.3, 0.4) is 0 Å². The first-order valence-electron chi connectivity index (χ1n) is 10.7. The highest BCUT2D eigenvalue weighted by Gasteiger charge is 2.52. The van der Waals surface area contributed by atoms with Gasteiger partial charge in [-0.05, 0) is 26.0 Å². The number of aromatic nitrogens is 3. The van der Waals surface area contributed by atoms with Gasteiger partial charge in [-0.3, -0.25) is 18.3 Å². The normalized spacial score (nSPS) is 22.0. The summed E-state index contributed by atoms with van der Waals surface area (Å²) in [7, 11) is -4.31. The number of nitrogens with two attached hydrogens (primary N) is 1. The Hall–Kier alpha value is -3.33. The van der Waals surface area contributed by atoms with Crippen LogP contribution in [0.5, 0.6) is 0 Å². The van der Waals surface area contributed by atoms with E-state index in [0.29, 0.717) is 4.70 Å². The topological polar surface area (TPSA) is 162 Å². The third kappa shape index (κ3) is 5.26. The van der Waals surface area contributed by atoms with Gasteiger partial charge in [0.05, 0.1) is 21.6 Å². The van der Waals surface area contributed by atoms with E-state index in [1.807, 2.05) is 6.92 Å². The van der Waals surface area contributed by atoms with Crippen LogP contribution in [0.15, 0.2) is 52.5 Å². The number of thiazole rings is 1. The van der Waals surface area contributed by atoms with Gasteiger partial charge < -0.3 is 19.9 Å². The molecule has 12 nitrogen and oxygen atoms in total. The van der Waals surface area contributed by atoms with E-state index in [4.69, 9.17) is 24.1 Å². The number of aryl methyl sites for hydroxylation is 1. The third-order valence-corrected chi connectivity index (χ3v) is 7.46. The van der Waals surface area contributed by atoms with Crippen LogP contribution >= 0.6 is 11.3 Å². The van der Waals surface area contributed by atoms with E-state index in [2.05, 4.69) is 16.5 Å². The number of benzene rings is 1. The molecule has 1 aliphatic rings. The minimum Gasteiger partial charge on any atom is -0.488 e. The van der Waals surface area contributed by atoms with Gasteiger partial charge in [0.15, 0.2) is 18.0 Å². The number of allylic oxidation sites excluding steroid dienone is 1. The van der Waals surface area contributed by atoms with E-state index in [9.17, 15) is 18.0 Å². The van der Waals surface area contributed by atoms with Crippen molar-refractivity contribution in [3.05, 3.63) is 58.0 Å². The molecule has 1 saturated heterocycles. The number of ether oxygens (including phenoxy) is 3. The lowest BCUT2D eigenvalue weighted by molar-refractivity contribution is -0.147. The van der Waals surface area contributed by atoms with E-state index in [1.165, 1.54) is 29.8 Å². The highest BCUT2D eigenvalue weighted by atomic mass is 32.2. The number of hydrogen-bond donors (Lipinski definition) is 1. The number of nitrogens with zero attached hydrogens (tertiary/aromatic N) is 3. The molecule has 0 saturated carbocycles. The molecular weight excluding hydrogens is 512 g/mol. The zero-order chi connectivity index (χ0) is 26.2. The fourth-order valence-electron chi connectivity index (χ4n) is 3.70. The Morgan fingerprint density at radius 1 is 1.25 bits per heavy atom. The molecule has 2 aromatic heterocycles. The Kier molecular flexibility index (Phi) is 7.13. The van der Waals surface area contributed by atoms with Gasteiger partial charge in [-0.15, -0.1) is 0 Å². The van der Waals surface area contributed by atoms with Crippen LogP contribution in [0.2, 0.25) is 0 Å². The highest BCUT2D eigenvalue weighted by Crippen LogP contribution is 2.38. The molecule has 192 valence electrons. The molecule has 3 heterocycles. The van der Waals surface area contributed by atoms with Crippen LogP contribution in [0.4, 0.5) is 5.95 Å². The summed E-state index contributed by atoms with van der Waals surface area (Å²) < 4.78 is 50.6. The van der Waals surface area contributed by atoms with Gasteiger partial charge in [0.2, 0.25) is 5.95 Å². The molecule has 0 bridgehead atoms. The molecule has 4 rings (SSSR count). The lowest BCUT2D eigenvalue weighted by atomic mass is 10.1. The second-order valence-electron chi connectivity index (χ2n) is 8.13. The molecule has 0 amide bonds. The maximum absolute atomic E-state index is 13.2. The molecule has 0 spiro atoms. The van der Waals surface area contributed by atoms with Crippen LogP contribution < -0.4 is 10.6 Å². The maximum Gasteiger partial charge on any atom is 0.311 e. The number of rotatable bonds is 8. The van der Waals surface area contributed by atoms with Gasteiger partial charge in [-0.25, -0.2) is 4.98 Å². The van der Waals surface area contributed by atoms with Crippen molar-refractivity contribution in [2.24, 2.45) is 0 Å². The molecule has 0 radical (unpaired) electrons. The predicted molar refractivity (Wildman–Crippen MR) is 130 cm³/mol. The monoisotopic (exact) mass is 536 g/mol. The van der Waals surface area contributed by atoms with Gasteiger partial charge in [0.1, 0.15) is 18.8 Å². The van der Waals surface area contributed by atoms with E-state index < -0.39 is 45.5 Å². The summed E-state index contributed by atoms with van der Waals surface area (Å²) in [6.07, 6.45) is -3.44. The fraction of sp³-hybridized carbons (Fsp3) is 0.364. The van der Waals surface area contributed by atoms with Crippen molar-refractivity contribution in [2.45, 2.75) is 50.2 Å². The first-order chi connectivity index (χ1) is 17.0. The van der Waals surface area contributed by atoms with E-state index >= 15 is 0 Å². The molecule has 1 aliphatic heterocycles. The van der Waals surface area contributed by atoms with Gasteiger partial charge in [-0.1, -0.05) is 35.6 Å². The van der Waals surface area contributed by atoms with E-state index in [-0.39, 0.29) is 28.9 Å². The van der Waals surface area contributed by atoms with E-state index in [1.54, 1.807) is 19.1 Å². The van der Waals surface area contributed by atoms with E-state index in [0.717, 1.165) is 16.9 Å². The summed E-state index contributed by atoms with van der Waals surface area (Å²) >= 11 is 0.852. The average Bonchev–Trinajstić information content (AvgIpc) is 3.27. The van der Waals surface area contributed by atoms with Crippen molar-refractivity contribution in [2.75, 3.05) is 12.3 Å². The number of esters is 1. The molecule has 36 heavy (non-hydrogen) atoms. The summed E-state index contributed by atoms with van der Waals surface area (Å²) in [6, 6.07) is 6.07.